The summed E-state index contributed by atoms with van der Waals surface area (Å²) >= 11 is 0. The lowest BCUT2D eigenvalue weighted by molar-refractivity contribution is 0.298. The Kier molecular flexibility index (Phi) is 8.13. The fourth-order valence-corrected chi connectivity index (χ4v) is 4.77. The second-order valence-electron chi connectivity index (χ2n) is 9.28. The van der Waals surface area contributed by atoms with Crippen molar-refractivity contribution < 1.29 is 14.2 Å². The first-order chi connectivity index (χ1) is 17.0. The number of fused-ring (bicyclic) bond motifs is 1. The van der Waals surface area contributed by atoms with Crippen LogP contribution in [0.4, 0.5) is 11.8 Å². The molecule has 35 heavy (non-hydrogen) atoms. The minimum atomic E-state index is 0.487. The van der Waals surface area contributed by atoms with Gasteiger partial charge in [0, 0.05) is 50.2 Å². The molecular weight excluding hydrogens is 442 g/mol. The largest absolute Gasteiger partial charge is 0.496 e. The fraction of sp³-hybridized carbons (Fsp3) is 0.481. The third kappa shape index (κ3) is 5.88. The van der Waals surface area contributed by atoms with Gasteiger partial charge in [0.2, 0.25) is 5.95 Å². The number of anilines is 2. The van der Waals surface area contributed by atoms with Gasteiger partial charge in [0.1, 0.15) is 11.6 Å². The molecule has 0 unspecified atom stereocenters. The molecule has 0 atom stereocenters. The fourth-order valence-electron chi connectivity index (χ4n) is 4.77. The summed E-state index contributed by atoms with van der Waals surface area (Å²) in [4.78, 5) is 11.5. The van der Waals surface area contributed by atoms with Gasteiger partial charge in [-0.15, -0.1) is 0 Å². The van der Waals surface area contributed by atoms with E-state index in [0.717, 1.165) is 54.0 Å². The molecule has 2 N–H and O–H groups in total. The van der Waals surface area contributed by atoms with E-state index in [0.29, 0.717) is 29.4 Å². The molecule has 1 aliphatic carbocycles. The number of hydrogen-bond acceptors (Lipinski definition) is 8. The number of rotatable bonds is 10. The topological polar surface area (TPSA) is 80.8 Å². The highest BCUT2D eigenvalue weighted by Gasteiger charge is 2.22. The smallest absolute Gasteiger partial charge is 0.225 e. The van der Waals surface area contributed by atoms with E-state index >= 15 is 0 Å². The molecule has 1 aromatic heterocycles. The molecule has 0 amide bonds. The monoisotopic (exact) mass is 479 g/mol. The van der Waals surface area contributed by atoms with Crippen LogP contribution in [0.25, 0.3) is 10.9 Å². The van der Waals surface area contributed by atoms with Crippen LogP contribution in [0.3, 0.4) is 0 Å². The van der Waals surface area contributed by atoms with Crippen molar-refractivity contribution in [1.82, 2.24) is 15.3 Å². The average molecular weight is 480 g/mol. The molecule has 8 heteroatoms. The first-order valence-corrected chi connectivity index (χ1v) is 12.2. The molecule has 4 rings (SSSR count). The number of methoxy groups -OCH3 is 3. The van der Waals surface area contributed by atoms with Crippen LogP contribution in [0, 0.1) is 5.92 Å². The lowest BCUT2D eigenvalue weighted by Gasteiger charge is -2.29. The molecule has 0 saturated heterocycles. The Labute approximate surface area is 208 Å². The molecule has 2 aromatic carbocycles. The van der Waals surface area contributed by atoms with Crippen molar-refractivity contribution in [3.63, 3.8) is 0 Å². The molecule has 1 heterocycles. The van der Waals surface area contributed by atoms with Gasteiger partial charge in [-0.25, -0.2) is 4.98 Å². The second-order valence-corrected chi connectivity index (χ2v) is 9.28. The summed E-state index contributed by atoms with van der Waals surface area (Å²) < 4.78 is 16.4. The zero-order chi connectivity index (χ0) is 24.8. The van der Waals surface area contributed by atoms with Gasteiger partial charge in [-0.3, -0.25) is 0 Å². The molecular formula is C27H37N5O3. The van der Waals surface area contributed by atoms with Crippen LogP contribution in [-0.4, -0.2) is 58.0 Å². The van der Waals surface area contributed by atoms with E-state index in [1.54, 1.807) is 21.3 Å². The van der Waals surface area contributed by atoms with Crippen molar-refractivity contribution in [2.45, 2.75) is 38.3 Å². The van der Waals surface area contributed by atoms with Gasteiger partial charge in [-0.05, 0) is 49.8 Å². The van der Waals surface area contributed by atoms with Crippen LogP contribution in [0.15, 0.2) is 36.4 Å². The van der Waals surface area contributed by atoms with E-state index in [1.165, 1.54) is 12.8 Å². The van der Waals surface area contributed by atoms with Crippen molar-refractivity contribution >= 4 is 22.7 Å². The van der Waals surface area contributed by atoms with E-state index in [1.807, 2.05) is 49.3 Å². The Morgan fingerprint density at radius 1 is 0.886 bits per heavy atom. The summed E-state index contributed by atoms with van der Waals surface area (Å²) in [7, 11) is 9.01. The van der Waals surface area contributed by atoms with Gasteiger partial charge in [0.05, 0.1) is 26.8 Å². The first-order valence-electron chi connectivity index (χ1n) is 12.2. The summed E-state index contributed by atoms with van der Waals surface area (Å²) in [5, 5.41) is 8.28. The van der Waals surface area contributed by atoms with Crippen LogP contribution in [0.2, 0.25) is 0 Å². The zero-order valence-corrected chi connectivity index (χ0v) is 21.4. The van der Waals surface area contributed by atoms with E-state index in [4.69, 9.17) is 24.2 Å². The van der Waals surface area contributed by atoms with Crippen LogP contribution >= 0.6 is 0 Å². The lowest BCUT2D eigenvalue weighted by atomic mass is 9.86. The molecule has 0 radical (unpaired) electrons. The van der Waals surface area contributed by atoms with E-state index in [-0.39, 0.29) is 0 Å². The van der Waals surface area contributed by atoms with Gasteiger partial charge >= 0.3 is 0 Å². The van der Waals surface area contributed by atoms with E-state index in [2.05, 4.69) is 16.7 Å². The normalized spacial score (nSPS) is 17.7. The molecule has 8 nitrogen and oxygen atoms in total. The zero-order valence-electron chi connectivity index (χ0n) is 21.4. The maximum atomic E-state index is 5.57. The third-order valence-corrected chi connectivity index (χ3v) is 6.77. The Hall–Kier alpha value is -3.26. The summed E-state index contributed by atoms with van der Waals surface area (Å²) in [6, 6.07) is 12.5. The van der Waals surface area contributed by atoms with Crippen molar-refractivity contribution in [1.29, 1.82) is 0 Å². The molecule has 3 aromatic rings. The second kappa shape index (κ2) is 11.4. The third-order valence-electron chi connectivity index (χ3n) is 6.77. The summed E-state index contributed by atoms with van der Waals surface area (Å²) in [6.07, 6.45) is 4.62. The standard InChI is InChI=1S/C27H37N5O3/c1-32(2)26-21-8-6-7-9-22(21)30-27(31-26)29-16-18-10-12-20(13-11-18)28-17-19-14-24(34-4)25(35-5)15-23(19)33-3/h6-9,14-15,18,20,28H,10-13,16-17H2,1-5H3,(H,29,30,31)/t18-,20+. The van der Waals surface area contributed by atoms with Crippen molar-refractivity contribution in [2.24, 2.45) is 5.92 Å². The molecule has 188 valence electrons. The Morgan fingerprint density at radius 2 is 1.57 bits per heavy atom. The Bertz CT molecular complexity index is 1130. The van der Waals surface area contributed by atoms with Gasteiger partial charge in [0.25, 0.3) is 0 Å². The van der Waals surface area contributed by atoms with Gasteiger partial charge < -0.3 is 29.7 Å². The molecule has 0 bridgehead atoms. The lowest BCUT2D eigenvalue weighted by Crippen LogP contribution is -2.34. The van der Waals surface area contributed by atoms with E-state index < -0.39 is 0 Å². The predicted molar refractivity (Wildman–Crippen MR) is 141 cm³/mol. The summed E-state index contributed by atoms with van der Waals surface area (Å²) in [5.41, 5.74) is 2.03. The number of nitrogens with one attached hydrogen (secondary N) is 2. The molecule has 1 aliphatic rings. The maximum absolute atomic E-state index is 5.57. The summed E-state index contributed by atoms with van der Waals surface area (Å²) in [5.74, 6) is 4.45. The predicted octanol–water partition coefficient (Wildman–Crippen LogP) is 4.48. The number of benzene rings is 2. The van der Waals surface area contributed by atoms with Crippen LogP contribution in [0.5, 0.6) is 17.2 Å². The van der Waals surface area contributed by atoms with Crippen LogP contribution in [-0.2, 0) is 6.54 Å². The van der Waals surface area contributed by atoms with Crippen molar-refractivity contribution in [3.05, 3.63) is 42.0 Å². The number of nitrogens with zero attached hydrogens (tertiary/aromatic N) is 3. The minimum Gasteiger partial charge on any atom is -0.496 e. The highest BCUT2D eigenvalue weighted by molar-refractivity contribution is 5.90. The minimum absolute atomic E-state index is 0.487. The van der Waals surface area contributed by atoms with E-state index in [9.17, 15) is 0 Å². The quantitative estimate of drug-likeness (QED) is 0.441. The Morgan fingerprint density at radius 3 is 2.26 bits per heavy atom. The average Bonchev–Trinajstić information content (AvgIpc) is 2.90. The van der Waals surface area contributed by atoms with Crippen molar-refractivity contribution in [2.75, 3.05) is 52.2 Å². The number of ether oxygens (including phenoxy) is 3. The van der Waals surface area contributed by atoms with Gasteiger partial charge in [0.15, 0.2) is 11.5 Å². The molecule has 1 fully saturated rings. The van der Waals surface area contributed by atoms with Gasteiger partial charge in [-0.1, -0.05) is 12.1 Å². The number of aromatic nitrogens is 2. The molecule has 0 spiro atoms. The van der Waals surface area contributed by atoms with Crippen LogP contribution in [0.1, 0.15) is 31.2 Å². The molecule has 1 saturated carbocycles. The maximum Gasteiger partial charge on any atom is 0.225 e. The van der Waals surface area contributed by atoms with Crippen LogP contribution < -0.4 is 29.7 Å². The summed E-state index contributed by atoms with van der Waals surface area (Å²) in [6.45, 7) is 1.62. The Balaban J connectivity index is 1.30. The van der Waals surface area contributed by atoms with Crippen molar-refractivity contribution in [3.8, 4) is 17.2 Å². The highest BCUT2D eigenvalue weighted by Crippen LogP contribution is 2.35. The highest BCUT2D eigenvalue weighted by atomic mass is 16.5. The molecule has 0 aliphatic heterocycles. The number of hydrogen-bond donors (Lipinski definition) is 2. The number of para-hydroxylation sites is 1. The van der Waals surface area contributed by atoms with Gasteiger partial charge in [-0.2, -0.15) is 4.98 Å². The SMILES string of the molecule is COc1cc(OC)c(OC)cc1CN[C@H]1CC[C@@H](CNc2nc(N(C)C)c3ccccc3n2)CC1. The first kappa shape index (κ1) is 24.9.